The van der Waals surface area contributed by atoms with E-state index in [2.05, 4.69) is 183 Å². The third-order valence-corrected chi connectivity index (χ3v) is 11.6. The fourth-order valence-electron chi connectivity index (χ4n) is 9.62. The second kappa shape index (κ2) is 9.56. The zero-order valence-electron chi connectivity index (χ0n) is 26.7. The van der Waals surface area contributed by atoms with Gasteiger partial charge in [0.25, 0.3) is 0 Å². The molecule has 6 aromatic carbocycles. The van der Waals surface area contributed by atoms with Crippen LogP contribution in [-0.4, -0.2) is 0 Å². The normalized spacial score (nSPS) is 19.4. The summed E-state index contributed by atoms with van der Waals surface area (Å²) in [5.41, 5.74) is 16.9. The van der Waals surface area contributed by atoms with Crippen LogP contribution in [0.2, 0.25) is 0 Å². The summed E-state index contributed by atoms with van der Waals surface area (Å²) in [5.74, 6) is 0.901. The first-order valence-electron chi connectivity index (χ1n) is 16.9. The Balaban J connectivity index is 1.26. The van der Waals surface area contributed by atoms with E-state index in [4.69, 9.17) is 0 Å². The van der Waals surface area contributed by atoms with Crippen LogP contribution in [0, 0.1) is 5.92 Å². The molecule has 1 heteroatoms. The highest BCUT2D eigenvalue weighted by Gasteiger charge is 2.52. The Kier molecular flexibility index (Phi) is 5.45. The average molecular weight is 602 g/mol. The maximum Gasteiger partial charge on any atom is 0.0726 e. The maximum atomic E-state index is 2.51. The molecule has 10 rings (SSSR count). The Morgan fingerprint density at radius 3 is 1.81 bits per heavy atom. The number of para-hydroxylation sites is 1. The zero-order chi connectivity index (χ0) is 31.3. The largest absolute Gasteiger partial charge is 0.310 e. The van der Waals surface area contributed by atoms with Crippen LogP contribution in [-0.2, 0) is 10.8 Å². The number of anilines is 3. The number of nitrogens with zero attached hydrogens (tertiary/aromatic N) is 1. The predicted molar refractivity (Wildman–Crippen MR) is 195 cm³/mol. The minimum Gasteiger partial charge on any atom is -0.310 e. The van der Waals surface area contributed by atoms with Crippen molar-refractivity contribution in [2.45, 2.75) is 30.6 Å². The second-order valence-corrected chi connectivity index (χ2v) is 14.1. The average Bonchev–Trinajstić information content (AvgIpc) is 3.68. The standard InChI is InChI=1S/C46H35N/c1-45(2)37-21-10-6-17-32(37)35-28-27-31(29-42(35)45)47(30-15-4-3-5-16-30)43-26-14-25-41-44(43)36-20-9-13-24-40(36)46(41)38-22-11-7-18-33(38)34-19-8-12-23-39(34)46/h3-29,32,37H,1-2H3. The molecule has 0 fully saturated rings. The van der Waals surface area contributed by atoms with E-state index < -0.39 is 0 Å². The molecule has 0 saturated carbocycles. The Labute approximate surface area is 277 Å². The van der Waals surface area contributed by atoms with Gasteiger partial charge in [-0.1, -0.05) is 147 Å². The summed E-state index contributed by atoms with van der Waals surface area (Å²) >= 11 is 0. The molecule has 4 aliphatic carbocycles. The van der Waals surface area contributed by atoms with E-state index in [-0.39, 0.29) is 10.8 Å². The minimum atomic E-state index is -0.369. The lowest BCUT2D eigenvalue weighted by Crippen LogP contribution is -2.26. The predicted octanol–water partition coefficient (Wildman–Crippen LogP) is 11.6. The molecule has 6 aromatic rings. The van der Waals surface area contributed by atoms with Crippen molar-refractivity contribution in [1.82, 2.24) is 0 Å². The van der Waals surface area contributed by atoms with Crippen molar-refractivity contribution >= 4 is 17.1 Å². The molecular weight excluding hydrogens is 567 g/mol. The van der Waals surface area contributed by atoms with Crippen LogP contribution in [0.1, 0.15) is 53.1 Å². The number of hydrogen-bond donors (Lipinski definition) is 0. The third kappa shape index (κ3) is 3.39. The summed E-state index contributed by atoms with van der Waals surface area (Å²) < 4.78 is 0. The molecule has 1 spiro atoms. The SMILES string of the molecule is CC1(C)c2cc(N(c3ccccc3)c3cccc4c3-c3ccccc3C43c4ccccc4-c4ccccc43)ccc2C2C=CC=CC21. The second-order valence-electron chi connectivity index (χ2n) is 14.1. The van der Waals surface area contributed by atoms with Gasteiger partial charge in [-0.15, -0.1) is 0 Å². The lowest BCUT2D eigenvalue weighted by Gasteiger charge is -2.32. The van der Waals surface area contributed by atoms with Gasteiger partial charge in [0.05, 0.1) is 11.1 Å². The molecule has 0 bridgehead atoms. The maximum absolute atomic E-state index is 2.51. The fraction of sp³-hybridized carbons (Fsp3) is 0.130. The van der Waals surface area contributed by atoms with E-state index in [0.717, 1.165) is 0 Å². The van der Waals surface area contributed by atoms with E-state index in [1.807, 2.05) is 0 Å². The highest BCUT2D eigenvalue weighted by atomic mass is 15.1. The molecule has 4 aliphatic rings. The zero-order valence-corrected chi connectivity index (χ0v) is 26.7. The van der Waals surface area contributed by atoms with Crippen molar-refractivity contribution in [3.8, 4) is 22.3 Å². The van der Waals surface area contributed by atoms with Gasteiger partial charge in [0.1, 0.15) is 0 Å². The highest BCUT2D eigenvalue weighted by molar-refractivity contribution is 6.01. The molecule has 0 aromatic heterocycles. The van der Waals surface area contributed by atoms with Crippen molar-refractivity contribution in [2.75, 3.05) is 4.90 Å². The smallest absolute Gasteiger partial charge is 0.0726 e. The molecule has 47 heavy (non-hydrogen) atoms. The van der Waals surface area contributed by atoms with E-state index in [0.29, 0.717) is 11.8 Å². The molecule has 0 saturated heterocycles. The Hall–Kier alpha value is -5.40. The molecule has 0 amide bonds. The molecular formula is C46H35N. The molecule has 0 aliphatic heterocycles. The molecule has 2 atom stereocenters. The Bertz CT molecular complexity index is 2260. The number of fused-ring (bicyclic) bond motifs is 13. The molecule has 0 N–H and O–H groups in total. The summed E-state index contributed by atoms with van der Waals surface area (Å²) in [6.45, 7) is 4.84. The topological polar surface area (TPSA) is 3.24 Å². The highest BCUT2D eigenvalue weighted by Crippen LogP contribution is 2.65. The lowest BCUT2D eigenvalue weighted by molar-refractivity contribution is 0.394. The molecule has 224 valence electrons. The van der Waals surface area contributed by atoms with E-state index >= 15 is 0 Å². The van der Waals surface area contributed by atoms with Crippen LogP contribution in [0.5, 0.6) is 0 Å². The van der Waals surface area contributed by atoms with Crippen molar-refractivity contribution in [1.29, 1.82) is 0 Å². The van der Waals surface area contributed by atoms with Gasteiger partial charge in [-0.2, -0.15) is 0 Å². The Morgan fingerprint density at radius 1 is 0.489 bits per heavy atom. The molecule has 2 unspecified atom stereocenters. The van der Waals surface area contributed by atoms with Crippen molar-refractivity contribution in [3.63, 3.8) is 0 Å². The van der Waals surface area contributed by atoms with Gasteiger partial charge >= 0.3 is 0 Å². The van der Waals surface area contributed by atoms with Crippen LogP contribution in [0.3, 0.4) is 0 Å². The van der Waals surface area contributed by atoms with Crippen LogP contribution in [0.25, 0.3) is 22.3 Å². The summed E-state index contributed by atoms with van der Waals surface area (Å²) in [6, 6.07) is 52.4. The van der Waals surface area contributed by atoms with Gasteiger partial charge in [0.2, 0.25) is 0 Å². The van der Waals surface area contributed by atoms with E-state index in [1.54, 1.807) is 0 Å². The number of rotatable bonds is 3. The first kappa shape index (κ1) is 26.8. The van der Waals surface area contributed by atoms with Gasteiger partial charge in [-0.3, -0.25) is 0 Å². The van der Waals surface area contributed by atoms with Gasteiger partial charge < -0.3 is 4.90 Å². The summed E-state index contributed by atoms with van der Waals surface area (Å²) in [5, 5.41) is 0. The lowest BCUT2D eigenvalue weighted by atomic mass is 9.70. The van der Waals surface area contributed by atoms with E-state index in [9.17, 15) is 0 Å². The molecule has 0 heterocycles. The van der Waals surface area contributed by atoms with Gasteiger partial charge in [-0.25, -0.2) is 0 Å². The summed E-state index contributed by atoms with van der Waals surface area (Å²) in [7, 11) is 0. The van der Waals surface area contributed by atoms with Crippen LogP contribution < -0.4 is 4.90 Å². The van der Waals surface area contributed by atoms with Crippen LogP contribution >= 0.6 is 0 Å². The van der Waals surface area contributed by atoms with Gasteiger partial charge in [0, 0.05) is 22.9 Å². The summed E-state index contributed by atoms with van der Waals surface area (Å²) in [4.78, 5) is 2.51. The first-order valence-corrected chi connectivity index (χ1v) is 16.9. The van der Waals surface area contributed by atoms with E-state index in [1.165, 1.54) is 72.7 Å². The van der Waals surface area contributed by atoms with Crippen molar-refractivity contribution < 1.29 is 0 Å². The van der Waals surface area contributed by atoms with Crippen LogP contribution in [0.4, 0.5) is 17.1 Å². The monoisotopic (exact) mass is 601 g/mol. The number of benzene rings is 6. The minimum absolute atomic E-state index is 0.0339. The summed E-state index contributed by atoms with van der Waals surface area (Å²) in [6.07, 6.45) is 9.25. The van der Waals surface area contributed by atoms with Crippen molar-refractivity contribution in [3.05, 3.63) is 197 Å². The number of hydrogen-bond acceptors (Lipinski definition) is 1. The molecule has 0 radical (unpaired) electrons. The number of allylic oxidation sites excluding steroid dienone is 4. The third-order valence-electron chi connectivity index (χ3n) is 11.6. The van der Waals surface area contributed by atoms with Crippen LogP contribution in [0.15, 0.2) is 164 Å². The fourth-order valence-corrected chi connectivity index (χ4v) is 9.62. The van der Waals surface area contributed by atoms with Crippen molar-refractivity contribution in [2.24, 2.45) is 5.92 Å². The van der Waals surface area contributed by atoms with Gasteiger partial charge in [0.15, 0.2) is 0 Å². The first-order chi connectivity index (χ1) is 23.1. The Morgan fingerprint density at radius 2 is 1.09 bits per heavy atom. The van der Waals surface area contributed by atoms with Gasteiger partial charge in [-0.05, 0) is 91.7 Å². The quantitative estimate of drug-likeness (QED) is 0.195. The molecule has 1 nitrogen and oxygen atoms in total.